The highest BCUT2D eigenvalue weighted by Gasteiger charge is 2.15. The molecule has 0 heterocycles. The zero-order valence-electron chi connectivity index (χ0n) is 23.3. The molecular weight excluding hydrogens is 534 g/mol. The number of sulfonamides is 1. The molecule has 214 valence electrons. The van der Waals surface area contributed by atoms with Crippen molar-refractivity contribution in [3.05, 3.63) is 65.2 Å². The minimum absolute atomic E-state index is 0.0883. The van der Waals surface area contributed by atoms with Crippen LogP contribution in [-0.4, -0.2) is 58.7 Å². The number of ether oxygens (including phenoxy) is 2. The van der Waals surface area contributed by atoms with Crippen molar-refractivity contribution >= 4 is 45.2 Å². The summed E-state index contributed by atoms with van der Waals surface area (Å²) in [6, 6.07) is 14.8. The van der Waals surface area contributed by atoms with Crippen molar-refractivity contribution in [1.82, 2.24) is 0 Å². The van der Waals surface area contributed by atoms with E-state index in [1.807, 2.05) is 11.0 Å². The Labute approximate surface area is 235 Å². The Morgan fingerprint density at radius 3 is 1.82 bits per heavy atom. The molecule has 1 N–H and O–H groups in total. The van der Waals surface area contributed by atoms with E-state index in [0.29, 0.717) is 24.3 Å². The molecule has 10 nitrogen and oxygen atoms in total. The van der Waals surface area contributed by atoms with Crippen molar-refractivity contribution in [3.63, 3.8) is 0 Å². The number of esters is 2. The number of Topliss-reactive ketones (excluding diaryl/α,β-unsaturated/α-hetero) is 1. The molecule has 0 aliphatic carbocycles. The molecule has 0 aromatic heterocycles. The summed E-state index contributed by atoms with van der Waals surface area (Å²) >= 11 is 0. The molecule has 11 heteroatoms. The van der Waals surface area contributed by atoms with Gasteiger partial charge in [0.15, 0.2) is 0 Å². The molecule has 0 saturated heterocycles. The van der Waals surface area contributed by atoms with Crippen molar-refractivity contribution in [2.24, 2.45) is 11.8 Å². The number of anilines is 2. The Kier molecular flexibility index (Phi) is 11.9. The highest BCUT2D eigenvalue weighted by Crippen LogP contribution is 2.20. The van der Waals surface area contributed by atoms with Crippen LogP contribution in [0.4, 0.5) is 11.4 Å². The first-order valence-electron chi connectivity index (χ1n) is 12.7. The van der Waals surface area contributed by atoms with Gasteiger partial charge in [-0.3, -0.25) is 19.1 Å². The van der Waals surface area contributed by atoms with Gasteiger partial charge in [0.25, 0.3) is 0 Å². The molecule has 0 radical (unpaired) electrons. The highest BCUT2D eigenvalue weighted by atomic mass is 32.2. The molecule has 0 aliphatic heterocycles. The smallest absolute Gasteiger partial charge is 0.308 e. The van der Waals surface area contributed by atoms with Gasteiger partial charge in [-0.25, -0.2) is 8.42 Å². The summed E-state index contributed by atoms with van der Waals surface area (Å²) in [5.41, 5.74) is 1.84. The fourth-order valence-corrected chi connectivity index (χ4v) is 3.94. The van der Waals surface area contributed by atoms with Gasteiger partial charge in [0.1, 0.15) is 24.9 Å². The molecule has 0 atom stereocenters. The lowest BCUT2D eigenvalue weighted by Gasteiger charge is -2.25. The molecule has 0 unspecified atom stereocenters. The highest BCUT2D eigenvalue weighted by molar-refractivity contribution is 7.92. The first kappa shape index (κ1) is 32.0. The van der Waals surface area contributed by atoms with E-state index in [-0.39, 0.29) is 48.1 Å². The van der Waals surface area contributed by atoms with Crippen LogP contribution in [0, 0.1) is 23.2 Å². The van der Waals surface area contributed by atoms with Gasteiger partial charge in [-0.2, -0.15) is 5.26 Å². The van der Waals surface area contributed by atoms with E-state index in [9.17, 15) is 28.1 Å². The van der Waals surface area contributed by atoms with Gasteiger partial charge in [-0.1, -0.05) is 39.8 Å². The molecule has 2 aromatic rings. The first-order valence-corrected chi connectivity index (χ1v) is 14.6. The van der Waals surface area contributed by atoms with E-state index in [1.165, 1.54) is 30.3 Å². The van der Waals surface area contributed by atoms with Crippen LogP contribution in [0.25, 0.3) is 6.08 Å². The monoisotopic (exact) mass is 569 g/mol. The molecule has 40 heavy (non-hydrogen) atoms. The van der Waals surface area contributed by atoms with Gasteiger partial charge < -0.3 is 14.4 Å². The Morgan fingerprint density at radius 2 is 1.40 bits per heavy atom. The van der Waals surface area contributed by atoms with Gasteiger partial charge in [0.05, 0.1) is 31.2 Å². The summed E-state index contributed by atoms with van der Waals surface area (Å²) in [4.78, 5) is 38.5. The van der Waals surface area contributed by atoms with E-state index < -0.39 is 15.8 Å². The third-order valence-electron chi connectivity index (χ3n) is 5.54. The van der Waals surface area contributed by atoms with Crippen LogP contribution in [0.1, 0.15) is 43.6 Å². The number of rotatable bonds is 14. The minimum Gasteiger partial charge on any atom is -0.464 e. The maximum absolute atomic E-state index is 12.9. The van der Waals surface area contributed by atoms with Crippen molar-refractivity contribution in [1.29, 1.82) is 5.26 Å². The van der Waals surface area contributed by atoms with Gasteiger partial charge in [-0.05, 0) is 48.0 Å². The summed E-state index contributed by atoms with van der Waals surface area (Å²) < 4.78 is 35.7. The van der Waals surface area contributed by atoms with Crippen LogP contribution in [0.15, 0.2) is 54.1 Å². The number of nitrogens with zero attached hydrogens (tertiary/aromatic N) is 2. The van der Waals surface area contributed by atoms with Crippen molar-refractivity contribution < 1.29 is 32.3 Å². The van der Waals surface area contributed by atoms with Crippen molar-refractivity contribution in [2.75, 3.05) is 42.2 Å². The maximum Gasteiger partial charge on any atom is 0.308 e. The van der Waals surface area contributed by atoms with Gasteiger partial charge >= 0.3 is 11.9 Å². The standard InChI is InChI=1S/C29H35N3O7S/c1-20(2)28(34)38-16-14-32(15-17-39-29(35)21(3)4)26-12-6-22(7-13-26)18-24(19-30)27(33)23-8-10-25(11-9-23)31-40(5,36)37/h6-13,18,20-21,31H,14-17H2,1-5H3/b24-18-. The number of hydrogen-bond acceptors (Lipinski definition) is 9. The number of benzene rings is 2. The number of ketones is 1. The van der Waals surface area contributed by atoms with E-state index in [2.05, 4.69) is 4.72 Å². The fraction of sp³-hybridized carbons (Fsp3) is 0.379. The van der Waals surface area contributed by atoms with Crippen LogP contribution < -0.4 is 9.62 Å². The number of carbonyl (C=O) groups excluding carboxylic acids is 3. The molecule has 0 aliphatic rings. The quantitative estimate of drug-likeness (QED) is 0.154. The van der Waals surface area contributed by atoms with E-state index in [4.69, 9.17) is 9.47 Å². The SMILES string of the molecule is CC(C)C(=O)OCCN(CCOC(=O)C(C)C)c1ccc(/C=C(/C#N)C(=O)c2ccc(NS(C)(=O)=O)cc2)cc1. The number of hydrogen-bond donors (Lipinski definition) is 1. The van der Waals surface area contributed by atoms with Crippen molar-refractivity contribution in [2.45, 2.75) is 27.7 Å². The molecule has 0 amide bonds. The zero-order chi connectivity index (χ0) is 29.9. The molecule has 0 bridgehead atoms. The summed E-state index contributed by atoms with van der Waals surface area (Å²) in [5, 5.41) is 9.61. The molecule has 2 rings (SSSR count). The third-order valence-corrected chi connectivity index (χ3v) is 6.15. The Hall–Kier alpha value is -4.17. The molecule has 0 saturated carbocycles. The predicted octanol–water partition coefficient (Wildman–Crippen LogP) is 4.05. The maximum atomic E-state index is 12.9. The van der Waals surface area contributed by atoms with Gasteiger partial charge in [0, 0.05) is 16.9 Å². The topological polar surface area (TPSA) is 143 Å². The van der Waals surface area contributed by atoms with Gasteiger partial charge in [0.2, 0.25) is 15.8 Å². The second-order valence-electron chi connectivity index (χ2n) is 9.67. The predicted molar refractivity (Wildman–Crippen MR) is 153 cm³/mol. The van der Waals surface area contributed by atoms with Crippen molar-refractivity contribution in [3.8, 4) is 6.07 Å². The lowest BCUT2D eigenvalue weighted by molar-refractivity contribution is -0.147. The average molecular weight is 570 g/mol. The van der Waals surface area contributed by atoms with E-state index in [1.54, 1.807) is 52.0 Å². The average Bonchev–Trinajstić information content (AvgIpc) is 2.90. The molecule has 2 aromatic carbocycles. The third kappa shape index (κ3) is 10.5. The summed E-state index contributed by atoms with van der Waals surface area (Å²) in [7, 11) is -3.45. The molecule has 0 spiro atoms. The minimum atomic E-state index is -3.45. The first-order chi connectivity index (χ1) is 18.8. The second-order valence-corrected chi connectivity index (χ2v) is 11.4. The molecular formula is C29H35N3O7S. The van der Waals surface area contributed by atoms with E-state index in [0.717, 1.165) is 11.9 Å². The van der Waals surface area contributed by atoms with Gasteiger partial charge in [-0.15, -0.1) is 0 Å². The second kappa shape index (κ2) is 14.8. The summed E-state index contributed by atoms with van der Waals surface area (Å²) in [5.74, 6) is -1.60. The summed E-state index contributed by atoms with van der Waals surface area (Å²) in [6.07, 6.45) is 2.49. The zero-order valence-corrected chi connectivity index (χ0v) is 24.2. The van der Waals surface area contributed by atoms with Crippen LogP contribution in [0.5, 0.6) is 0 Å². The number of nitriles is 1. The van der Waals surface area contributed by atoms with Crippen LogP contribution in [0.2, 0.25) is 0 Å². The largest absolute Gasteiger partial charge is 0.464 e. The van der Waals surface area contributed by atoms with Crippen LogP contribution >= 0.6 is 0 Å². The normalized spacial score (nSPS) is 11.6. The number of allylic oxidation sites excluding steroid dienone is 1. The summed E-state index contributed by atoms with van der Waals surface area (Å²) in [6.45, 7) is 8.07. The van der Waals surface area contributed by atoms with E-state index >= 15 is 0 Å². The Balaban J connectivity index is 2.17. The lowest BCUT2D eigenvalue weighted by Crippen LogP contribution is -2.33. The van der Waals surface area contributed by atoms with Crippen LogP contribution in [-0.2, 0) is 29.1 Å². The Morgan fingerprint density at radius 1 is 0.900 bits per heavy atom. The Bertz CT molecular complexity index is 1330. The van der Waals surface area contributed by atoms with Crippen LogP contribution in [0.3, 0.4) is 0 Å². The molecule has 0 fully saturated rings. The number of nitrogens with one attached hydrogen (secondary N) is 1. The lowest BCUT2D eigenvalue weighted by atomic mass is 10.0. The number of carbonyl (C=O) groups is 3. The fourth-order valence-electron chi connectivity index (χ4n) is 3.37.